The molecule has 0 radical (unpaired) electrons. The summed E-state index contributed by atoms with van der Waals surface area (Å²) in [6, 6.07) is 9.87. The summed E-state index contributed by atoms with van der Waals surface area (Å²) < 4.78 is 1.79. The summed E-state index contributed by atoms with van der Waals surface area (Å²) in [7, 11) is 0. The molecule has 1 aromatic carbocycles. The number of para-hydroxylation sites is 1. The number of hydrogen-bond acceptors (Lipinski definition) is 3. The normalized spacial score (nSPS) is 12.7. The van der Waals surface area contributed by atoms with Crippen molar-refractivity contribution < 1.29 is 0 Å². The van der Waals surface area contributed by atoms with E-state index in [0.29, 0.717) is 0 Å². The van der Waals surface area contributed by atoms with E-state index >= 15 is 0 Å². The average Bonchev–Trinajstić information content (AvgIpc) is 2.78. The Labute approximate surface area is 88.7 Å². The van der Waals surface area contributed by atoms with Gasteiger partial charge in [-0.25, -0.2) is 4.68 Å². The van der Waals surface area contributed by atoms with Gasteiger partial charge in [0.25, 0.3) is 0 Å². The lowest BCUT2D eigenvalue weighted by molar-refractivity contribution is 0.635. The molecule has 0 saturated heterocycles. The van der Waals surface area contributed by atoms with Gasteiger partial charge in [-0.05, 0) is 18.6 Å². The van der Waals surface area contributed by atoms with E-state index in [2.05, 4.69) is 10.3 Å². The van der Waals surface area contributed by atoms with E-state index in [1.807, 2.05) is 37.3 Å². The summed E-state index contributed by atoms with van der Waals surface area (Å²) in [5.41, 5.74) is 7.92. The minimum atomic E-state index is -0.0137. The first-order valence-corrected chi connectivity index (χ1v) is 5.04. The highest BCUT2D eigenvalue weighted by atomic mass is 15.4. The summed E-state index contributed by atoms with van der Waals surface area (Å²) in [6.07, 6.45) is 2.60. The van der Waals surface area contributed by atoms with Crippen molar-refractivity contribution in [3.63, 3.8) is 0 Å². The van der Waals surface area contributed by atoms with Crippen molar-refractivity contribution in [1.82, 2.24) is 15.0 Å². The molecule has 0 spiro atoms. The average molecular weight is 202 g/mol. The van der Waals surface area contributed by atoms with E-state index in [1.165, 1.54) is 0 Å². The summed E-state index contributed by atoms with van der Waals surface area (Å²) >= 11 is 0. The zero-order valence-corrected chi connectivity index (χ0v) is 8.67. The first kappa shape index (κ1) is 9.86. The molecule has 0 amide bonds. The third-order valence-corrected chi connectivity index (χ3v) is 2.40. The van der Waals surface area contributed by atoms with Crippen molar-refractivity contribution in [2.45, 2.75) is 19.4 Å². The Morgan fingerprint density at radius 2 is 2.07 bits per heavy atom. The predicted octanol–water partition coefficient (Wildman–Crippen LogP) is 1.68. The Hall–Kier alpha value is -1.68. The fourth-order valence-corrected chi connectivity index (χ4v) is 1.47. The van der Waals surface area contributed by atoms with Gasteiger partial charge in [-0.3, -0.25) is 0 Å². The minimum Gasteiger partial charge on any atom is -0.323 e. The summed E-state index contributed by atoms with van der Waals surface area (Å²) in [5.74, 6) is 0. The fourth-order valence-electron chi connectivity index (χ4n) is 1.47. The number of aromatic nitrogens is 3. The van der Waals surface area contributed by atoms with E-state index in [9.17, 15) is 0 Å². The van der Waals surface area contributed by atoms with E-state index < -0.39 is 0 Å². The zero-order valence-electron chi connectivity index (χ0n) is 8.67. The lowest BCUT2D eigenvalue weighted by atomic mass is 10.2. The minimum absolute atomic E-state index is 0.0137. The van der Waals surface area contributed by atoms with Crippen molar-refractivity contribution in [2.75, 3.05) is 0 Å². The molecule has 4 heteroatoms. The lowest BCUT2D eigenvalue weighted by Crippen LogP contribution is -2.14. The van der Waals surface area contributed by atoms with Crippen molar-refractivity contribution in [3.8, 4) is 5.69 Å². The molecule has 0 aliphatic heterocycles. The molecule has 0 bridgehead atoms. The van der Waals surface area contributed by atoms with Crippen LogP contribution in [-0.2, 0) is 0 Å². The maximum Gasteiger partial charge on any atom is 0.0812 e. The van der Waals surface area contributed by atoms with Gasteiger partial charge in [0, 0.05) is 6.04 Å². The van der Waals surface area contributed by atoms with Gasteiger partial charge in [0.15, 0.2) is 0 Å². The maximum absolute atomic E-state index is 5.98. The van der Waals surface area contributed by atoms with Crippen LogP contribution in [0.2, 0.25) is 0 Å². The zero-order chi connectivity index (χ0) is 10.7. The molecule has 78 valence electrons. The highest BCUT2D eigenvalue weighted by Crippen LogP contribution is 2.16. The number of hydrogen-bond donors (Lipinski definition) is 1. The molecule has 0 saturated carbocycles. The van der Waals surface area contributed by atoms with Gasteiger partial charge in [0.2, 0.25) is 0 Å². The molecule has 15 heavy (non-hydrogen) atoms. The Morgan fingerprint density at radius 3 is 2.73 bits per heavy atom. The van der Waals surface area contributed by atoms with Crippen LogP contribution < -0.4 is 5.73 Å². The van der Waals surface area contributed by atoms with Crippen LogP contribution in [-0.4, -0.2) is 15.0 Å². The fraction of sp³-hybridized carbons (Fsp3) is 0.273. The van der Waals surface area contributed by atoms with Gasteiger partial charge in [-0.15, -0.1) is 5.10 Å². The molecule has 0 aliphatic carbocycles. The molecular formula is C11H14N4. The standard InChI is InChI=1S/C11H14N4/c1-2-10(12)11-8-13-14-15(11)9-6-4-3-5-7-9/h3-8,10H,2,12H2,1H3. The third kappa shape index (κ3) is 1.89. The molecule has 0 fully saturated rings. The molecule has 4 nitrogen and oxygen atoms in total. The van der Waals surface area contributed by atoms with Crippen molar-refractivity contribution in [1.29, 1.82) is 0 Å². The Kier molecular flexibility index (Phi) is 2.78. The number of benzene rings is 1. The smallest absolute Gasteiger partial charge is 0.0812 e. The topological polar surface area (TPSA) is 56.7 Å². The molecule has 2 N–H and O–H groups in total. The number of nitrogens with zero attached hydrogens (tertiary/aromatic N) is 3. The first-order chi connectivity index (χ1) is 7.33. The molecule has 1 heterocycles. The predicted molar refractivity (Wildman–Crippen MR) is 58.6 cm³/mol. The van der Waals surface area contributed by atoms with Crippen LogP contribution in [0.3, 0.4) is 0 Å². The molecule has 1 aromatic heterocycles. The second kappa shape index (κ2) is 4.23. The summed E-state index contributed by atoms with van der Waals surface area (Å²) in [6.45, 7) is 2.05. The quantitative estimate of drug-likeness (QED) is 0.823. The van der Waals surface area contributed by atoms with Crippen LogP contribution in [0.25, 0.3) is 5.69 Å². The number of rotatable bonds is 3. The Morgan fingerprint density at radius 1 is 1.33 bits per heavy atom. The van der Waals surface area contributed by atoms with Crippen LogP contribution in [0.5, 0.6) is 0 Å². The van der Waals surface area contributed by atoms with Crippen LogP contribution in [0.15, 0.2) is 36.5 Å². The second-order valence-corrected chi connectivity index (χ2v) is 3.42. The van der Waals surface area contributed by atoms with E-state index in [1.54, 1.807) is 10.9 Å². The van der Waals surface area contributed by atoms with Gasteiger partial charge < -0.3 is 5.73 Å². The van der Waals surface area contributed by atoms with E-state index in [0.717, 1.165) is 17.8 Å². The van der Waals surface area contributed by atoms with Crippen LogP contribution in [0, 0.1) is 0 Å². The molecule has 2 rings (SSSR count). The van der Waals surface area contributed by atoms with Crippen molar-refractivity contribution >= 4 is 0 Å². The number of nitrogens with two attached hydrogens (primary N) is 1. The molecule has 1 atom stereocenters. The molecular weight excluding hydrogens is 188 g/mol. The SMILES string of the molecule is CCC(N)c1cnnn1-c1ccccc1. The Bertz CT molecular complexity index is 421. The van der Waals surface area contributed by atoms with Crippen LogP contribution in [0.4, 0.5) is 0 Å². The Balaban J connectivity index is 2.41. The van der Waals surface area contributed by atoms with Crippen molar-refractivity contribution in [2.24, 2.45) is 5.73 Å². The van der Waals surface area contributed by atoms with Gasteiger partial charge in [0.1, 0.15) is 0 Å². The van der Waals surface area contributed by atoms with Crippen LogP contribution >= 0.6 is 0 Å². The maximum atomic E-state index is 5.98. The van der Waals surface area contributed by atoms with E-state index in [4.69, 9.17) is 5.73 Å². The third-order valence-electron chi connectivity index (χ3n) is 2.40. The highest BCUT2D eigenvalue weighted by molar-refractivity contribution is 5.32. The summed E-state index contributed by atoms with van der Waals surface area (Å²) in [4.78, 5) is 0. The largest absolute Gasteiger partial charge is 0.323 e. The van der Waals surface area contributed by atoms with Gasteiger partial charge in [-0.1, -0.05) is 30.3 Å². The van der Waals surface area contributed by atoms with Crippen LogP contribution in [0.1, 0.15) is 25.1 Å². The lowest BCUT2D eigenvalue weighted by Gasteiger charge is -2.10. The van der Waals surface area contributed by atoms with Gasteiger partial charge >= 0.3 is 0 Å². The first-order valence-electron chi connectivity index (χ1n) is 5.04. The van der Waals surface area contributed by atoms with E-state index in [-0.39, 0.29) is 6.04 Å². The summed E-state index contributed by atoms with van der Waals surface area (Å²) in [5, 5.41) is 7.94. The second-order valence-electron chi connectivity index (χ2n) is 3.42. The van der Waals surface area contributed by atoms with Gasteiger partial charge in [0.05, 0.1) is 17.6 Å². The van der Waals surface area contributed by atoms with Gasteiger partial charge in [-0.2, -0.15) is 0 Å². The molecule has 0 aliphatic rings. The monoisotopic (exact) mass is 202 g/mol. The molecule has 2 aromatic rings. The molecule has 1 unspecified atom stereocenters. The highest BCUT2D eigenvalue weighted by Gasteiger charge is 2.11. The van der Waals surface area contributed by atoms with Crippen molar-refractivity contribution in [3.05, 3.63) is 42.2 Å².